The number of esters is 1. The van der Waals surface area contributed by atoms with Gasteiger partial charge in [-0.3, -0.25) is 9.59 Å². The van der Waals surface area contributed by atoms with E-state index in [2.05, 4.69) is 24.5 Å². The van der Waals surface area contributed by atoms with E-state index in [0.29, 0.717) is 13.0 Å². The van der Waals surface area contributed by atoms with Gasteiger partial charge in [-0.15, -0.1) is 0 Å². The van der Waals surface area contributed by atoms with Crippen LogP contribution in [0.5, 0.6) is 5.75 Å². The molecule has 0 bridgehead atoms. The molecule has 0 aliphatic carbocycles. The molecule has 0 aliphatic rings. The van der Waals surface area contributed by atoms with Crippen molar-refractivity contribution < 1.29 is 33.7 Å². The maximum atomic E-state index is 14.0. The van der Waals surface area contributed by atoms with Gasteiger partial charge in [0.25, 0.3) is 0 Å². The number of thioether (sulfide) groups is 1. The van der Waals surface area contributed by atoms with Gasteiger partial charge >= 0.3 is 5.97 Å². The number of carbonyl (C=O) groups is 3. The lowest BCUT2D eigenvalue weighted by atomic mass is 9.82. The van der Waals surface area contributed by atoms with E-state index in [4.69, 9.17) is 14.2 Å². The van der Waals surface area contributed by atoms with Crippen LogP contribution in [-0.4, -0.2) is 79.0 Å². The van der Waals surface area contributed by atoms with Crippen molar-refractivity contribution in [3.05, 3.63) is 42.0 Å². The summed E-state index contributed by atoms with van der Waals surface area (Å²) in [5.74, 6) is -0.117. The molecule has 1 rings (SSSR count). The normalized spacial score (nSPS) is 14.2. The number of methoxy groups -OCH3 is 1. The number of ether oxygens (including phenoxy) is 3. The number of benzene rings is 1. The monoisotopic (exact) mass is 720 g/mol. The van der Waals surface area contributed by atoms with Crippen molar-refractivity contribution in [2.24, 2.45) is 5.92 Å². The Balaban J connectivity index is 3.04. The van der Waals surface area contributed by atoms with Crippen LogP contribution in [0.15, 0.2) is 36.4 Å². The Morgan fingerprint density at radius 1 is 0.860 bits per heavy atom. The van der Waals surface area contributed by atoms with Crippen LogP contribution in [0.2, 0.25) is 0 Å². The Labute approximate surface area is 307 Å². The molecule has 0 heterocycles. The number of hydrogen-bond donors (Lipinski definition) is 3. The van der Waals surface area contributed by atoms with Gasteiger partial charge in [0, 0.05) is 33.6 Å². The molecule has 0 aromatic heterocycles. The first-order valence-electron chi connectivity index (χ1n) is 18.8. The quantitative estimate of drug-likeness (QED) is 0.0460. The van der Waals surface area contributed by atoms with E-state index in [1.807, 2.05) is 42.1 Å². The number of unbranched alkanes of at least 4 members (excludes halogenated alkanes) is 9. The minimum absolute atomic E-state index is 0.0235. The van der Waals surface area contributed by atoms with Gasteiger partial charge in [-0.05, 0) is 82.1 Å². The van der Waals surface area contributed by atoms with Crippen LogP contribution in [-0.2, 0) is 30.3 Å². The van der Waals surface area contributed by atoms with Crippen LogP contribution in [0.1, 0.15) is 124 Å². The van der Waals surface area contributed by atoms with E-state index in [9.17, 15) is 19.5 Å². The van der Waals surface area contributed by atoms with Crippen molar-refractivity contribution in [3.8, 4) is 5.75 Å². The molecular formula is C40H68N2O7S. The third-order valence-electron chi connectivity index (χ3n) is 8.38. The summed E-state index contributed by atoms with van der Waals surface area (Å²) in [7, 11) is 2.97. The predicted molar refractivity (Wildman–Crippen MR) is 206 cm³/mol. The molecule has 0 spiro atoms. The molecule has 2 amide bonds. The Morgan fingerprint density at radius 2 is 1.48 bits per heavy atom. The topological polar surface area (TPSA) is 123 Å². The summed E-state index contributed by atoms with van der Waals surface area (Å²) in [5, 5.41) is 17.4. The molecule has 50 heavy (non-hydrogen) atoms. The molecule has 0 saturated carbocycles. The fourth-order valence-corrected chi connectivity index (χ4v) is 6.39. The van der Waals surface area contributed by atoms with Gasteiger partial charge in [0.05, 0.1) is 12.5 Å². The SMILES string of the molecule is CCCCCCCSCCCCCC/C=C/[C@H](C(=O)N[C@@H](Cc1ccc(OCCCC)cc1)C(=O)NC)[C@@](O)(CCOC)C(=O)OC(C)(C)C. The highest BCUT2D eigenvalue weighted by Gasteiger charge is 2.49. The van der Waals surface area contributed by atoms with Crippen LogP contribution in [0.3, 0.4) is 0 Å². The van der Waals surface area contributed by atoms with E-state index in [1.54, 1.807) is 26.8 Å². The fraction of sp³-hybridized carbons (Fsp3) is 0.725. The second-order valence-electron chi connectivity index (χ2n) is 14.0. The van der Waals surface area contributed by atoms with Crippen molar-refractivity contribution in [1.82, 2.24) is 10.6 Å². The third kappa shape index (κ3) is 19.2. The molecule has 3 atom stereocenters. The summed E-state index contributed by atoms with van der Waals surface area (Å²) in [4.78, 5) is 40.6. The Hall–Kier alpha value is -2.56. The number of allylic oxidation sites excluding steroid dienone is 1. The molecule has 0 saturated heterocycles. The van der Waals surface area contributed by atoms with Crippen LogP contribution in [0, 0.1) is 5.92 Å². The minimum atomic E-state index is -2.22. The van der Waals surface area contributed by atoms with Gasteiger partial charge in [0.15, 0.2) is 5.60 Å². The number of carbonyl (C=O) groups excluding carboxylic acids is 3. The zero-order valence-corrected chi connectivity index (χ0v) is 33.0. The number of rotatable bonds is 28. The summed E-state index contributed by atoms with van der Waals surface area (Å²) < 4.78 is 16.6. The van der Waals surface area contributed by atoms with E-state index in [0.717, 1.165) is 43.4 Å². The molecular weight excluding hydrogens is 653 g/mol. The second kappa shape index (κ2) is 26.2. The first-order valence-corrected chi connectivity index (χ1v) is 20.0. The van der Waals surface area contributed by atoms with E-state index in [-0.39, 0.29) is 19.4 Å². The largest absolute Gasteiger partial charge is 0.494 e. The van der Waals surface area contributed by atoms with Crippen molar-refractivity contribution in [1.29, 1.82) is 0 Å². The standard InChI is InChI=1S/C40H68N2O7S/c1-8-10-12-16-19-29-50-30-20-17-14-13-15-18-21-34(40(46,26-28-47-7)38(45)49-39(3,4)5)36(43)42-35(37(44)41-6)31-32-22-24-33(25-23-32)48-27-11-9-2/h18,21-25,34-35,46H,8-17,19-20,26-31H2,1-7H3,(H,41,44)(H,42,43)/b21-18+/t34-,35+,40+/m1/s1. The molecule has 9 nitrogen and oxygen atoms in total. The average molecular weight is 721 g/mol. The van der Waals surface area contributed by atoms with Crippen molar-refractivity contribution in [3.63, 3.8) is 0 Å². The molecule has 286 valence electrons. The van der Waals surface area contributed by atoms with Gasteiger partial charge < -0.3 is 30.0 Å². The Bertz CT molecular complexity index is 1110. The summed E-state index contributed by atoms with van der Waals surface area (Å²) in [6.45, 7) is 10.1. The van der Waals surface area contributed by atoms with Gasteiger partial charge in [0.1, 0.15) is 17.4 Å². The molecule has 10 heteroatoms. The Morgan fingerprint density at radius 3 is 2.06 bits per heavy atom. The number of aliphatic hydroxyl groups is 1. The molecule has 0 radical (unpaired) electrons. The van der Waals surface area contributed by atoms with Gasteiger partial charge in [-0.1, -0.05) is 83.1 Å². The zero-order valence-electron chi connectivity index (χ0n) is 32.2. The van der Waals surface area contributed by atoms with Gasteiger partial charge in [-0.25, -0.2) is 4.79 Å². The summed E-state index contributed by atoms with van der Waals surface area (Å²) in [5.41, 5.74) is -2.30. The van der Waals surface area contributed by atoms with E-state index < -0.39 is 40.9 Å². The van der Waals surface area contributed by atoms with Crippen molar-refractivity contribution in [2.45, 2.75) is 142 Å². The highest BCUT2D eigenvalue weighted by Crippen LogP contribution is 2.29. The van der Waals surface area contributed by atoms with Crippen molar-refractivity contribution in [2.75, 3.05) is 38.9 Å². The molecule has 1 aromatic rings. The van der Waals surface area contributed by atoms with Crippen molar-refractivity contribution >= 4 is 29.5 Å². The molecule has 0 unspecified atom stereocenters. The third-order valence-corrected chi connectivity index (χ3v) is 9.53. The molecule has 3 N–H and O–H groups in total. The lowest BCUT2D eigenvalue weighted by molar-refractivity contribution is -0.185. The number of hydrogen-bond acceptors (Lipinski definition) is 8. The molecule has 0 fully saturated rings. The number of amides is 2. The first-order chi connectivity index (χ1) is 23.9. The van der Waals surface area contributed by atoms with Gasteiger partial charge in [-0.2, -0.15) is 11.8 Å². The average Bonchev–Trinajstić information content (AvgIpc) is 3.08. The number of nitrogens with one attached hydrogen (secondary N) is 2. The van der Waals surface area contributed by atoms with Crippen LogP contribution in [0.25, 0.3) is 0 Å². The highest BCUT2D eigenvalue weighted by atomic mass is 32.2. The minimum Gasteiger partial charge on any atom is -0.494 e. The maximum absolute atomic E-state index is 14.0. The second-order valence-corrected chi connectivity index (χ2v) is 15.3. The molecule has 0 aliphatic heterocycles. The Kier molecular flexibility index (Phi) is 23.9. The maximum Gasteiger partial charge on any atom is 0.339 e. The van der Waals surface area contributed by atoms with Gasteiger partial charge in [0.2, 0.25) is 11.8 Å². The lowest BCUT2D eigenvalue weighted by Gasteiger charge is -2.35. The predicted octanol–water partition coefficient (Wildman–Crippen LogP) is 7.57. The van der Waals surface area contributed by atoms with E-state index in [1.165, 1.54) is 64.2 Å². The summed E-state index contributed by atoms with van der Waals surface area (Å²) in [6, 6.07) is 6.47. The van der Waals surface area contributed by atoms with Crippen LogP contribution < -0.4 is 15.4 Å². The summed E-state index contributed by atoms with van der Waals surface area (Å²) in [6.07, 6.45) is 17.0. The smallest absolute Gasteiger partial charge is 0.339 e. The fourth-order valence-electron chi connectivity index (χ4n) is 5.37. The molecule has 1 aromatic carbocycles. The zero-order chi connectivity index (χ0) is 37.3. The van der Waals surface area contributed by atoms with Crippen LogP contribution >= 0.6 is 11.8 Å². The lowest BCUT2D eigenvalue weighted by Crippen LogP contribution is -2.57. The van der Waals surface area contributed by atoms with Crippen LogP contribution in [0.4, 0.5) is 0 Å². The highest BCUT2D eigenvalue weighted by molar-refractivity contribution is 7.99. The first kappa shape index (κ1) is 45.5. The van der Waals surface area contributed by atoms with E-state index >= 15 is 0 Å². The summed E-state index contributed by atoms with van der Waals surface area (Å²) >= 11 is 2.04. The number of likely N-dealkylation sites (N-methyl/N-ethyl adjacent to an activating group) is 1.